The Morgan fingerprint density at radius 1 is 1.12 bits per heavy atom. The fourth-order valence-corrected chi connectivity index (χ4v) is 7.82. The summed E-state index contributed by atoms with van der Waals surface area (Å²) in [7, 11) is -8.90. The molecule has 2 aliphatic heterocycles. The Balaban J connectivity index is 1.49. The molecule has 5 rings (SSSR count). The first-order chi connectivity index (χ1) is 15.1. The molecular formula is C18H12N4O6S4. The van der Waals surface area contributed by atoms with Crippen LogP contribution >= 0.6 is 23.1 Å². The van der Waals surface area contributed by atoms with Gasteiger partial charge in [0, 0.05) is 4.90 Å². The van der Waals surface area contributed by atoms with Crippen molar-refractivity contribution in [3.05, 3.63) is 59.2 Å². The first kappa shape index (κ1) is 20.9. The van der Waals surface area contributed by atoms with Gasteiger partial charge in [0.15, 0.2) is 15.2 Å². The molecule has 1 aromatic heterocycles. The molecule has 32 heavy (non-hydrogen) atoms. The summed E-state index contributed by atoms with van der Waals surface area (Å²) in [6.45, 7) is 0. The number of fused-ring (bicyclic) bond motifs is 4. The van der Waals surface area contributed by atoms with Crippen LogP contribution in [0.1, 0.15) is 0 Å². The maximum atomic E-state index is 13.0. The van der Waals surface area contributed by atoms with Crippen LogP contribution in [0, 0.1) is 0 Å². The van der Waals surface area contributed by atoms with Gasteiger partial charge in [-0.3, -0.25) is 14.4 Å². The van der Waals surface area contributed by atoms with Crippen LogP contribution in [0.25, 0.3) is 10.2 Å². The number of hydrogen-bond acceptors (Lipinski definition) is 9. The fourth-order valence-electron chi connectivity index (χ4n) is 3.19. The van der Waals surface area contributed by atoms with E-state index in [1.165, 1.54) is 0 Å². The minimum atomic E-state index is -4.61. The SMILES string of the molecule is O=C1/C(=C(\O)CS(=O)(=O)Nc2nc3ccccc3s2)S(=O)(=O)N=C2Sc3ccccc3N12. The summed E-state index contributed by atoms with van der Waals surface area (Å²) in [6.07, 6.45) is 0. The number of aromatic nitrogens is 1. The molecule has 0 saturated carbocycles. The monoisotopic (exact) mass is 508 g/mol. The third-order valence-electron chi connectivity index (χ3n) is 4.48. The lowest BCUT2D eigenvalue weighted by atomic mass is 10.3. The van der Waals surface area contributed by atoms with Gasteiger partial charge in [0.25, 0.3) is 15.9 Å². The molecule has 3 aromatic rings. The van der Waals surface area contributed by atoms with Gasteiger partial charge in [0.1, 0.15) is 11.5 Å². The number of anilines is 2. The van der Waals surface area contributed by atoms with Crippen molar-refractivity contribution >= 4 is 75.3 Å². The zero-order chi connectivity index (χ0) is 22.7. The Kier molecular flexibility index (Phi) is 4.77. The highest BCUT2D eigenvalue weighted by molar-refractivity contribution is 8.16. The Morgan fingerprint density at radius 2 is 1.84 bits per heavy atom. The number of thiazole rings is 1. The minimum absolute atomic E-state index is 0.0482. The third-order valence-corrected chi connectivity index (χ3v) is 9.19. The Hall–Kier alpha value is -2.94. The van der Waals surface area contributed by atoms with E-state index in [4.69, 9.17) is 0 Å². The molecule has 10 nitrogen and oxygen atoms in total. The van der Waals surface area contributed by atoms with Gasteiger partial charge in [-0.25, -0.2) is 13.4 Å². The van der Waals surface area contributed by atoms with Crippen LogP contribution in [-0.4, -0.2) is 43.8 Å². The molecule has 2 aromatic carbocycles. The smallest absolute Gasteiger partial charge is 0.293 e. The molecule has 2 N–H and O–H groups in total. The zero-order valence-corrected chi connectivity index (χ0v) is 19.1. The number of amidine groups is 1. The van der Waals surface area contributed by atoms with Gasteiger partial charge < -0.3 is 5.11 Å². The number of amides is 1. The largest absolute Gasteiger partial charge is 0.509 e. The molecule has 0 saturated heterocycles. The average molecular weight is 509 g/mol. The van der Waals surface area contributed by atoms with Crippen LogP contribution in [0.3, 0.4) is 0 Å². The zero-order valence-electron chi connectivity index (χ0n) is 15.8. The highest BCUT2D eigenvalue weighted by atomic mass is 32.2. The average Bonchev–Trinajstić information content (AvgIpc) is 3.25. The summed E-state index contributed by atoms with van der Waals surface area (Å²) in [4.78, 5) is 17.7. The van der Waals surface area contributed by atoms with E-state index >= 15 is 0 Å². The van der Waals surface area contributed by atoms with Crippen molar-refractivity contribution < 1.29 is 26.7 Å². The second-order valence-corrected chi connectivity index (χ2v) is 12.0. The van der Waals surface area contributed by atoms with Gasteiger partial charge in [-0.1, -0.05) is 35.6 Å². The van der Waals surface area contributed by atoms with Gasteiger partial charge in [-0.15, -0.1) is 4.40 Å². The predicted molar refractivity (Wildman–Crippen MR) is 123 cm³/mol. The van der Waals surface area contributed by atoms with E-state index in [-0.39, 0.29) is 10.3 Å². The number of thioether (sulfide) groups is 1. The number of aliphatic hydroxyl groups is 1. The van der Waals surface area contributed by atoms with Crippen molar-refractivity contribution in [3.8, 4) is 0 Å². The summed E-state index contributed by atoms with van der Waals surface area (Å²) in [5.41, 5.74) is 0.979. The number of benzene rings is 2. The Bertz CT molecular complexity index is 1540. The quantitative estimate of drug-likeness (QED) is 0.404. The van der Waals surface area contributed by atoms with Crippen molar-refractivity contribution in [2.45, 2.75) is 4.90 Å². The first-order valence-electron chi connectivity index (χ1n) is 8.89. The molecule has 0 bridgehead atoms. The second kappa shape index (κ2) is 7.30. The van der Waals surface area contributed by atoms with Crippen LogP contribution in [0.5, 0.6) is 0 Å². The molecule has 0 radical (unpaired) electrons. The van der Waals surface area contributed by atoms with Gasteiger partial charge in [0.05, 0.1) is 15.9 Å². The van der Waals surface area contributed by atoms with Crippen LogP contribution < -0.4 is 9.62 Å². The first-order valence-corrected chi connectivity index (χ1v) is 13.6. The van der Waals surface area contributed by atoms with Crippen LogP contribution in [0.15, 0.2) is 68.5 Å². The standard InChI is InChI=1S/C18H12N4O6S4/c23-12(9-31(25,26)20-17-19-10-5-1-3-7-13(10)29-17)15-16(24)22-11-6-2-4-8-14(11)30-18(22)21-32(15,27)28/h1-8,23H,9H2,(H,19,20)/b15-12+. The summed E-state index contributed by atoms with van der Waals surface area (Å²) in [5.74, 6) is -3.34. The minimum Gasteiger partial charge on any atom is -0.509 e. The summed E-state index contributed by atoms with van der Waals surface area (Å²) < 4.78 is 56.9. The molecular weight excluding hydrogens is 496 g/mol. The molecule has 3 heterocycles. The van der Waals surface area contributed by atoms with E-state index in [2.05, 4.69) is 14.1 Å². The third kappa shape index (κ3) is 3.54. The van der Waals surface area contributed by atoms with E-state index in [1.807, 2.05) is 0 Å². The molecule has 0 aliphatic carbocycles. The van der Waals surface area contributed by atoms with Crippen molar-refractivity contribution in [2.75, 3.05) is 15.4 Å². The lowest BCUT2D eigenvalue weighted by Crippen LogP contribution is -2.41. The molecule has 1 amide bonds. The number of nitrogens with one attached hydrogen (secondary N) is 1. The number of sulfonamides is 2. The molecule has 0 unspecified atom stereocenters. The van der Waals surface area contributed by atoms with Crippen LogP contribution in [-0.2, 0) is 24.8 Å². The maximum absolute atomic E-state index is 13.0. The topological polar surface area (TPSA) is 146 Å². The number of para-hydroxylation sites is 2. The molecule has 0 fully saturated rings. The van der Waals surface area contributed by atoms with Crippen molar-refractivity contribution in [1.29, 1.82) is 0 Å². The van der Waals surface area contributed by atoms with Gasteiger partial charge >= 0.3 is 0 Å². The molecule has 0 spiro atoms. The number of rotatable bonds is 4. The highest BCUT2D eigenvalue weighted by Gasteiger charge is 2.45. The Morgan fingerprint density at radius 3 is 2.62 bits per heavy atom. The molecule has 14 heteroatoms. The molecule has 0 atom stereocenters. The molecule has 2 aliphatic rings. The van der Waals surface area contributed by atoms with Gasteiger partial charge in [-0.2, -0.15) is 8.42 Å². The van der Waals surface area contributed by atoms with Gasteiger partial charge in [0.2, 0.25) is 10.0 Å². The van der Waals surface area contributed by atoms with E-state index in [0.29, 0.717) is 16.1 Å². The lowest BCUT2D eigenvalue weighted by Gasteiger charge is -2.22. The van der Waals surface area contributed by atoms with Crippen LogP contribution in [0.4, 0.5) is 10.8 Å². The van der Waals surface area contributed by atoms with Crippen molar-refractivity contribution in [3.63, 3.8) is 0 Å². The van der Waals surface area contributed by atoms with Crippen molar-refractivity contribution in [2.24, 2.45) is 4.40 Å². The fraction of sp³-hybridized carbons (Fsp3) is 0.0556. The Labute approximate surface area is 190 Å². The summed E-state index contributed by atoms with van der Waals surface area (Å²) >= 11 is 2.07. The summed E-state index contributed by atoms with van der Waals surface area (Å²) in [5, 5.41) is 10.4. The predicted octanol–water partition coefficient (Wildman–Crippen LogP) is 2.65. The number of aliphatic hydroxyl groups excluding tert-OH is 1. The number of carbonyl (C=O) groups is 1. The second-order valence-electron chi connectivity index (χ2n) is 6.68. The van der Waals surface area contributed by atoms with Gasteiger partial charge in [-0.05, 0) is 36.0 Å². The number of carbonyl (C=O) groups excluding carboxylic acids is 1. The van der Waals surface area contributed by atoms with E-state index in [1.54, 1.807) is 48.5 Å². The van der Waals surface area contributed by atoms with Crippen LogP contribution in [0.2, 0.25) is 0 Å². The van der Waals surface area contributed by atoms with E-state index in [9.17, 15) is 26.7 Å². The highest BCUT2D eigenvalue weighted by Crippen LogP contribution is 2.44. The summed E-state index contributed by atoms with van der Waals surface area (Å²) in [6, 6.07) is 13.7. The lowest BCUT2D eigenvalue weighted by molar-refractivity contribution is -0.113. The van der Waals surface area contributed by atoms with Crippen molar-refractivity contribution in [1.82, 2.24) is 4.98 Å². The molecule has 164 valence electrons. The maximum Gasteiger partial charge on any atom is 0.293 e. The van der Waals surface area contributed by atoms with E-state index in [0.717, 1.165) is 32.7 Å². The number of nitrogens with zero attached hydrogens (tertiary/aromatic N) is 3. The number of hydrogen-bond donors (Lipinski definition) is 2. The van der Waals surface area contributed by atoms with E-state index < -0.39 is 42.4 Å². The normalized spacial score (nSPS) is 18.8.